The first-order valence-electron chi connectivity index (χ1n) is 7.22. The lowest BCUT2D eigenvalue weighted by Gasteiger charge is -2.20. The van der Waals surface area contributed by atoms with Crippen molar-refractivity contribution in [2.24, 2.45) is 0 Å². The van der Waals surface area contributed by atoms with Gasteiger partial charge in [0.25, 0.3) is 0 Å². The first-order valence-corrected chi connectivity index (χ1v) is 8.04. The minimum Gasteiger partial charge on any atom is -0.386 e. The van der Waals surface area contributed by atoms with Gasteiger partial charge >= 0.3 is 0 Å². The van der Waals surface area contributed by atoms with Crippen LogP contribution >= 0.6 is 11.8 Å². The van der Waals surface area contributed by atoms with Crippen LogP contribution in [0.4, 0.5) is 0 Å². The van der Waals surface area contributed by atoms with Gasteiger partial charge in [0.1, 0.15) is 0 Å². The van der Waals surface area contributed by atoms with Crippen molar-refractivity contribution in [3.05, 3.63) is 78.9 Å². The SMILES string of the molecule is CC(C(O)c1ccc(Sc2ccccc2)cc1)n1ccnc1. The van der Waals surface area contributed by atoms with Crippen LogP contribution in [-0.2, 0) is 0 Å². The minimum atomic E-state index is -0.551. The summed E-state index contributed by atoms with van der Waals surface area (Å²) in [5, 5.41) is 10.5. The van der Waals surface area contributed by atoms with Crippen LogP contribution in [0.3, 0.4) is 0 Å². The molecular weight excluding hydrogens is 292 g/mol. The molecule has 0 saturated carbocycles. The van der Waals surface area contributed by atoms with Gasteiger partial charge in [0.2, 0.25) is 0 Å². The van der Waals surface area contributed by atoms with E-state index in [0.717, 1.165) is 10.5 Å². The molecule has 22 heavy (non-hydrogen) atoms. The Hall–Kier alpha value is -2.04. The van der Waals surface area contributed by atoms with Crippen molar-refractivity contribution in [1.29, 1.82) is 0 Å². The second-order valence-electron chi connectivity index (χ2n) is 5.18. The van der Waals surface area contributed by atoms with Gasteiger partial charge in [0.15, 0.2) is 0 Å². The van der Waals surface area contributed by atoms with Crippen LogP contribution in [0.1, 0.15) is 24.6 Å². The molecule has 3 aromatic rings. The molecule has 2 aromatic carbocycles. The monoisotopic (exact) mass is 310 g/mol. The first kappa shape index (κ1) is 14.9. The normalized spacial score (nSPS) is 13.7. The molecule has 1 aromatic heterocycles. The molecule has 1 heterocycles. The lowest BCUT2D eigenvalue weighted by Crippen LogP contribution is -2.13. The zero-order chi connectivity index (χ0) is 15.4. The highest BCUT2D eigenvalue weighted by atomic mass is 32.2. The van der Waals surface area contributed by atoms with Crippen LogP contribution in [0.5, 0.6) is 0 Å². The Balaban J connectivity index is 1.71. The van der Waals surface area contributed by atoms with Crippen LogP contribution in [-0.4, -0.2) is 14.7 Å². The fraction of sp³-hybridized carbons (Fsp3) is 0.167. The summed E-state index contributed by atoms with van der Waals surface area (Å²) in [5.74, 6) is 0. The second kappa shape index (κ2) is 6.81. The third kappa shape index (κ3) is 3.40. The number of hydrogen-bond donors (Lipinski definition) is 1. The summed E-state index contributed by atoms with van der Waals surface area (Å²) in [4.78, 5) is 6.40. The summed E-state index contributed by atoms with van der Waals surface area (Å²) < 4.78 is 1.91. The first-order chi connectivity index (χ1) is 10.7. The number of benzene rings is 2. The van der Waals surface area contributed by atoms with Crippen LogP contribution in [0, 0.1) is 0 Å². The zero-order valence-corrected chi connectivity index (χ0v) is 13.1. The number of aromatic nitrogens is 2. The molecule has 3 nitrogen and oxygen atoms in total. The molecule has 4 heteroatoms. The number of aliphatic hydroxyl groups excluding tert-OH is 1. The van der Waals surface area contributed by atoms with E-state index in [1.165, 1.54) is 4.90 Å². The molecule has 0 saturated heterocycles. The molecular formula is C18H18N2OS. The molecule has 2 unspecified atom stereocenters. The standard InChI is InChI=1S/C18H18N2OS/c1-14(20-12-11-19-13-20)18(21)15-7-9-17(10-8-15)22-16-5-3-2-4-6-16/h2-14,18,21H,1H3. The van der Waals surface area contributed by atoms with Gasteiger partial charge in [-0.05, 0) is 36.8 Å². The zero-order valence-electron chi connectivity index (χ0n) is 12.3. The van der Waals surface area contributed by atoms with Gasteiger partial charge < -0.3 is 9.67 Å². The predicted octanol–water partition coefficient (Wildman–Crippen LogP) is 4.33. The molecule has 0 aliphatic heterocycles. The van der Waals surface area contributed by atoms with E-state index in [4.69, 9.17) is 0 Å². The van der Waals surface area contributed by atoms with Crippen molar-refractivity contribution in [1.82, 2.24) is 9.55 Å². The van der Waals surface area contributed by atoms with Gasteiger partial charge in [0.05, 0.1) is 18.5 Å². The summed E-state index contributed by atoms with van der Waals surface area (Å²) in [6, 6.07) is 18.3. The second-order valence-corrected chi connectivity index (χ2v) is 6.33. The summed E-state index contributed by atoms with van der Waals surface area (Å²) in [6.07, 6.45) is 4.77. The van der Waals surface area contributed by atoms with Crippen molar-refractivity contribution >= 4 is 11.8 Å². The van der Waals surface area contributed by atoms with Gasteiger partial charge in [-0.25, -0.2) is 4.98 Å². The molecule has 3 rings (SSSR count). The topological polar surface area (TPSA) is 38.0 Å². The summed E-state index contributed by atoms with van der Waals surface area (Å²) in [6.45, 7) is 1.99. The number of hydrogen-bond acceptors (Lipinski definition) is 3. The third-order valence-electron chi connectivity index (χ3n) is 3.65. The lowest BCUT2D eigenvalue weighted by atomic mass is 10.0. The molecule has 0 aliphatic carbocycles. The van der Waals surface area contributed by atoms with E-state index in [1.807, 2.05) is 48.0 Å². The third-order valence-corrected chi connectivity index (χ3v) is 4.67. The summed E-state index contributed by atoms with van der Waals surface area (Å²) >= 11 is 1.72. The molecule has 0 spiro atoms. The maximum Gasteiger partial charge on any atom is 0.0994 e. The maximum atomic E-state index is 10.5. The van der Waals surface area contributed by atoms with E-state index in [9.17, 15) is 5.11 Å². The fourth-order valence-electron chi connectivity index (χ4n) is 2.31. The average molecular weight is 310 g/mol. The Kier molecular flexibility index (Phi) is 4.61. The van der Waals surface area contributed by atoms with Crippen molar-refractivity contribution in [3.8, 4) is 0 Å². The van der Waals surface area contributed by atoms with Gasteiger partial charge in [-0.2, -0.15) is 0 Å². The van der Waals surface area contributed by atoms with Gasteiger partial charge in [-0.1, -0.05) is 42.1 Å². The average Bonchev–Trinajstić information content (AvgIpc) is 3.10. The molecule has 1 N–H and O–H groups in total. The van der Waals surface area contributed by atoms with Crippen LogP contribution in [0.2, 0.25) is 0 Å². The van der Waals surface area contributed by atoms with E-state index in [0.29, 0.717) is 0 Å². The molecule has 0 aliphatic rings. The van der Waals surface area contributed by atoms with Gasteiger partial charge in [-0.15, -0.1) is 0 Å². The summed E-state index contributed by atoms with van der Waals surface area (Å²) in [7, 11) is 0. The van der Waals surface area contributed by atoms with Crippen LogP contribution in [0.25, 0.3) is 0 Å². The van der Waals surface area contributed by atoms with Crippen molar-refractivity contribution in [2.75, 3.05) is 0 Å². The fourth-order valence-corrected chi connectivity index (χ4v) is 3.15. The van der Waals surface area contributed by atoms with E-state index >= 15 is 0 Å². The molecule has 0 amide bonds. The Bertz CT molecular complexity index is 696. The Morgan fingerprint density at radius 3 is 2.32 bits per heavy atom. The predicted molar refractivity (Wildman–Crippen MR) is 88.9 cm³/mol. The Labute approximate surface area is 134 Å². The number of imidazole rings is 1. The largest absolute Gasteiger partial charge is 0.386 e. The molecule has 0 fully saturated rings. The molecule has 112 valence electrons. The van der Waals surface area contributed by atoms with E-state index in [2.05, 4.69) is 29.2 Å². The van der Waals surface area contributed by atoms with Crippen molar-refractivity contribution in [2.45, 2.75) is 28.9 Å². The maximum absolute atomic E-state index is 10.5. The van der Waals surface area contributed by atoms with Gasteiger partial charge in [0, 0.05) is 22.2 Å². The van der Waals surface area contributed by atoms with Crippen molar-refractivity contribution < 1.29 is 5.11 Å². The van der Waals surface area contributed by atoms with E-state index in [-0.39, 0.29) is 6.04 Å². The number of rotatable bonds is 5. The lowest BCUT2D eigenvalue weighted by molar-refractivity contribution is 0.122. The van der Waals surface area contributed by atoms with Gasteiger partial charge in [-0.3, -0.25) is 0 Å². The quantitative estimate of drug-likeness (QED) is 0.762. The number of nitrogens with zero attached hydrogens (tertiary/aromatic N) is 2. The highest BCUT2D eigenvalue weighted by Crippen LogP contribution is 2.30. The Morgan fingerprint density at radius 2 is 1.68 bits per heavy atom. The molecule has 0 radical (unpaired) electrons. The van der Waals surface area contributed by atoms with E-state index in [1.54, 1.807) is 24.3 Å². The molecule has 0 bridgehead atoms. The number of aliphatic hydroxyl groups is 1. The molecule has 2 atom stereocenters. The smallest absolute Gasteiger partial charge is 0.0994 e. The van der Waals surface area contributed by atoms with Crippen LogP contribution < -0.4 is 0 Å². The summed E-state index contributed by atoms with van der Waals surface area (Å²) in [5.41, 5.74) is 0.915. The van der Waals surface area contributed by atoms with E-state index < -0.39 is 6.10 Å². The highest BCUT2D eigenvalue weighted by molar-refractivity contribution is 7.99. The van der Waals surface area contributed by atoms with Crippen LogP contribution in [0.15, 0.2) is 83.1 Å². The highest BCUT2D eigenvalue weighted by Gasteiger charge is 2.17. The minimum absolute atomic E-state index is 0.0462. The van der Waals surface area contributed by atoms with Crippen molar-refractivity contribution in [3.63, 3.8) is 0 Å². The Morgan fingerprint density at radius 1 is 1.00 bits per heavy atom.